The van der Waals surface area contributed by atoms with Gasteiger partial charge in [0.1, 0.15) is 0 Å². The van der Waals surface area contributed by atoms with Crippen LogP contribution in [0.25, 0.3) is 0 Å². The second-order valence-corrected chi connectivity index (χ2v) is 5.20. The molecule has 1 amide bonds. The monoisotopic (exact) mass is 260 g/mol. The molecule has 1 aliphatic carbocycles. The number of benzene rings is 1. The van der Waals surface area contributed by atoms with Crippen LogP contribution in [0.4, 0.5) is 5.69 Å². The van der Waals surface area contributed by atoms with Crippen LogP contribution in [-0.2, 0) is 4.74 Å². The third kappa shape index (κ3) is 2.21. The highest BCUT2D eigenvalue weighted by Gasteiger charge is 2.38. The fourth-order valence-electron chi connectivity index (χ4n) is 3.22. The van der Waals surface area contributed by atoms with Gasteiger partial charge in [-0.25, -0.2) is 0 Å². The molecule has 1 heterocycles. The van der Waals surface area contributed by atoms with Crippen LogP contribution >= 0.6 is 0 Å². The van der Waals surface area contributed by atoms with E-state index in [0.29, 0.717) is 13.2 Å². The van der Waals surface area contributed by atoms with Crippen molar-refractivity contribution in [3.8, 4) is 0 Å². The Labute approximate surface area is 113 Å². The van der Waals surface area contributed by atoms with E-state index in [2.05, 4.69) is 5.32 Å². The van der Waals surface area contributed by atoms with Crippen LogP contribution in [-0.4, -0.2) is 43.2 Å². The average Bonchev–Trinajstić information content (AvgIpc) is 2.94. The molecule has 1 N–H and O–H groups in total. The molecule has 4 heteroatoms. The fourth-order valence-corrected chi connectivity index (χ4v) is 3.22. The average molecular weight is 260 g/mol. The third-order valence-corrected chi connectivity index (χ3v) is 4.17. The number of carbonyl (C=O) groups excluding carboxylic acids is 1. The lowest BCUT2D eigenvalue weighted by molar-refractivity contribution is -0.0445. The summed E-state index contributed by atoms with van der Waals surface area (Å²) < 4.78 is 5.77. The number of hydrogen-bond donors (Lipinski definition) is 1. The SMILES string of the molecule is CNc1ccccc1C(=O)N1CCO[C@@H]2CCC[C@@H]21. The van der Waals surface area contributed by atoms with E-state index < -0.39 is 0 Å². The number of anilines is 1. The van der Waals surface area contributed by atoms with Gasteiger partial charge in [0.15, 0.2) is 0 Å². The number of nitrogens with zero attached hydrogens (tertiary/aromatic N) is 1. The van der Waals surface area contributed by atoms with E-state index in [1.54, 1.807) is 0 Å². The molecule has 3 rings (SSSR count). The van der Waals surface area contributed by atoms with E-state index >= 15 is 0 Å². The van der Waals surface area contributed by atoms with Crippen molar-refractivity contribution >= 4 is 11.6 Å². The van der Waals surface area contributed by atoms with Gasteiger partial charge < -0.3 is 15.0 Å². The van der Waals surface area contributed by atoms with Crippen molar-refractivity contribution in [1.82, 2.24) is 4.90 Å². The van der Waals surface area contributed by atoms with Gasteiger partial charge in [-0.2, -0.15) is 0 Å². The van der Waals surface area contributed by atoms with Crippen LogP contribution in [0.5, 0.6) is 0 Å². The first-order chi connectivity index (χ1) is 9.31. The van der Waals surface area contributed by atoms with Crippen molar-refractivity contribution in [2.75, 3.05) is 25.5 Å². The van der Waals surface area contributed by atoms with Crippen LogP contribution in [0.1, 0.15) is 29.6 Å². The molecule has 0 radical (unpaired) electrons. The number of amides is 1. The molecule has 2 atom stereocenters. The van der Waals surface area contributed by atoms with Gasteiger partial charge in [-0.1, -0.05) is 12.1 Å². The number of ether oxygens (including phenoxy) is 1. The maximum atomic E-state index is 12.8. The van der Waals surface area contributed by atoms with Gasteiger partial charge in [-0.15, -0.1) is 0 Å². The highest BCUT2D eigenvalue weighted by atomic mass is 16.5. The fraction of sp³-hybridized carbons (Fsp3) is 0.533. The standard InChI is InChI=1S/C15H20N2O2/c1-16-12-6-3-2-5-11(12)15(18)17-9-10-19-14-8-4-7-13(14)17/h2-3,5-6,13-14,16H,4,7-10H2,1H3/t13-,14+/m0/s1. The molecule has 2 aliphatic rings. The lowest BCUT2D eigenvalue weighted by Crippen LogP contribution is -2.51. The molecule has 2 fully saturated rings. The summed E-state index contributed by atoms with van der Waals surface area (Å²) in [4.78, 5) is 14.8. The summed E-state index contributed by atoms with van der Waals surface area (Å²) in [5, 5.41) is 3.10. The van der Waals surface area contributed by atoms with Crippen molar-refractivity contribution in [3.63, 3.8) is 0 Å². The number of nitrogens with one attached hydrogen (secondary N) is 1. The summed E-state index contributed by atoms with van der Waals surface area (Å²) in [5.41, 5.74) is 1.66. The van der Waals surface area contributed by atoms with E-state index in [1.165, 1.54) is 0 Å². The molecule has 0 spiro atoms. The van der Waals surface area contributed by atoms with E-state index in [4.69, 9.17) is 4.74 Å². The van der Waals surface area contributed by atoms with Crippen LogP contribution in [0.2, 0.25) is 0 Å². The second kappa shape index (κ2) is 5.21. The Morgan fingerprint density at radius 2 is 2.21 bits per heavy atom. The van der Waals surface area contributed by atoms with Crippen molar-refractivity contribution < 1.29 is 9.53 Å². The molecule has 0 unspecified atom stereocenters. The van der Waals surface area contributed by atoms with Gasteiger partial charge >= 0.3 is 0 Å². The van der Waals surface area contributed by atoms with E-state index in [-0.39, 0.29) is 18.1 Å². The molecule has 1 saturated heterocycles. The van der Waals surface area contributed by atoms with E-state index in [0.717, 1.165) is 30.5 Å². The van der Waals surface area contributed by atoms with Crippen LogP contribution < -0.4 is 5.32 Å². The molecule has 102 valence electrons. The molecule has 0 bridgehead atoms. The molecular formula is C15H20N2O2. The zero-order chi connectivity index (χ0) is 13.2. The number of morpholine rings is 1. The molecule has 1 aliphatic heterocycles. The lowest BCUT2D eigenvalue weighted by atomic mass is 10.1. The summed E-state index contributed by atoms with van der Waals surface area (Å²) in [6.07, 6.45) is 3.56. The Hall–Kier alpha value is -1.55. The van der Waals surface area contributed by atoms with Crippen molar-refractivity contribution in [2.24, 2.45) is 0 Å². The minimum atomic E-state index is 0.130. The maximum absolute atomic E-state index is 12.8. The summed E-state index contributed by atoms with van der Waals surface area (Å²) in [6.45, 7) is 1.37. The topological polar surface area (TPSA) is 41.6 Å². The highest BCUT2D eigenvalue weighted by Crippen LogP contribution is 2.31. The van der Waals surface area contributed by atoms with Crippen molar-refractivity contribution in [1.29, 1.82) is 0 Å². The van der Waals surface area contributed by atoms with Gasteiger partial charge in [-0.05, 0) is 31.4 Å². The largest absolute Gasteiger partial charge is 0.387 e. The van der Waals surface area contributed by atoms with Crippen molar-refractivity contribution in [2.45, 2.75) is 31.4 Å². The van der Waals surface area contributed by atoms with Crippen LogP contribution in [0.15, 0.2) is 24.3 Å². The first-order valence-electron chi connectivity index (χ1n) is 7.00. The summed E-state index contributed by atoms with van der Waals surface area (Å²) in [6, 6.07) is 7.97. The second-order valence-electron chi connectivity index (χ2n) is 5.20. The first kappa shape index (κ1) is 12.5. The van der Waals surface area contributed by atoms with Gasteiger partial charge in [0, 0.05) is 19.3 Å². The highest BCUT2D eigenvalue weighted by molar-refractivity contribution is 5.99. The number of fused-ring (bicyclic) bond motifs is 1. The third-order valence-electron chi connectivity index (χ3n) is 4.17. The minimum Gasteiger partial charge on any atom is -0.387 e. The molecule has 19 heavy (non-hydrogen) atoms. The zero-order valence-electron chi connectivity index (χ0n) is 11.3. The normalized spacial score (nSPS) is 26.1. The van der Waals surface area contributed by atoms with E-state index in [1.807, 2.05) is 36.2 Å². The van der Waals surface area contributed by atoms with Crippen LogP contribution in [0, 0.1) is 0 Å². The summed E-state index contributed by atoms with van der Waals surface area (Å²) in [5.74, 6) is 0.130. The van der Waals surface area contributed by atoms with Crippen molar-refractivity contribution in [3.05, 3.63) is 29.8 Å². The minimum absolute atomic E-state index is 0.130. The Bertz CT molecular complexity index is 475. The number of para-hydroxylation sites is 1. The van der Waals surface area contributed by atoms with Gasteiger partial charge in [0.25, 0.3) is 5.91 Å². The maximum Gasteiger partial charge on any atom is 0.256 e. The first-order valence-corrected chi connectivity index (χ1v) is 7.00. The number of carbonyl (C=O) groups is 1. The Morgan fingerprint density at radius 3 is 3.05 bits per heavy atom. The molecule has 1 aromatic rings. The van der Waals surface area contributed by atoms with Gasteiger partial charge in [0.2, 0.25) is 0 Å². The van der Waals surface area contributed by atoms with E-state index in [9.17, 15) is 4.79 Å². The predicted molar refractivity (Wildman–Crippen MR) is 74.4 cm³/mol. The molecule has 0 aromatic heterocycles. The van der Waals surface area contributed by atoms with Crippen LogP contribution in [0.3, 0.4) is 0 Å². The van der Waals surface area contributed by atoms with Gasteiger partial charge in [-0.3, -0.25) is 4.79 Å². The van der Waals surface area contributed by atoms with Gasteiger partial charge in [0.05, 0.1) is 24.3 Å². The number of rotatable bonds is 2. The predicted octanol–water partition coefficient (Wildman–Crippen LogP) is 2.12. The Morgan fingerprint density at radius 1 is 1.37 bits per heavy atom. The quantitative estimate of drug-likeness (QED) is 0.885. The summed E-state index contributed by atoms with van der Waals surface area (Å²) >= 11 is 0. The summed E-state index contributed by atoms with van der Waals surface area (Å²) in [7, 11) is 1.85. The number of hydrogen-bond acceptors (Lipinski definition) is 3. The Kier molecular flexibility index (Phi) is 3.42. The Balaban J connectivity index is 1.86. The lowest BCUT2D eigenvalue weighted by Gasteiger charge is -2.38. The smallest absolute Gasteiger partial charge is 0.256 e. The molecule has 1 saturated carbocycles. The molecule has 4 nitrogen and oxygen atoms in total. The zero-order valence-corrected chi connectivity index (χ0v) is 11.3. The molecule has 1 aromatic carbocycles. The molecular weight excluding hydrogens is 240 g/mol.